The van der Waals surface area contributed by atoms with Crippen LogP contribution in [0.2, 0.25) is 0 Å². The SMILES string of the molecule is CCCn1cc(OCC(=O)Nc2cccc(CN)c2)cn1. The molecule has 0 spiro atoms. The average Bonchev–Trinajstić information content (AvgIpc) is 2.93. The molecule has 2 aromatic rings. The fourth-order valence-electron chi connectivity index (χ4n) is 1.89. The molecule has 0 radical (unpaired) electrons. The van der Waals surface area contributed by atoms with E-state index in [0.717, 1.165) is 18.5 Å². The number of carbonyl (C=O) groups excluding carboxylic acids is 1. The number of aromatic nitrogens is 2. The molecule has 0 fully saturated rings. The lowest BCUT2D eigenvalue weighted by Gasteiger charge is -2.07. The van der Waals surface area contributed by atoms with Crippen molar-refractivity contribution in [3.05, 3.63) is 42.2 Å². The topological polar surface area (TPSA) is 82.2 Å². The van der Waals surface area contributed by atoms with Gasteiger partial charge in [0.2, 0.25) is 0 Å². The highest BCUT2D eigenvalue weighted by Gasteiger charge is 2.05. The molecule has 0 unspecified atom stereocenters. The zero-order valence-electron chi connectivity index (χ0n) is 12.1. The Hall–Kier alpha value is -2.34. The molecule has 1 aromatic carbocycles. The van der Waals surface area contributed by atoms with Crippen LogP contribution in [0.3, 0.4) is 0 Å². The van der Waals surface area contributed by atoms with Gasteiger partial charge in [-0.3, -0.25) is 9.48 Å². The number of hydrogen-bond acceptors (Lipinski definition) is 4. The van der Waals surface area contributed by atoms with E-state index >= 15 is 0 Å². The van der Waals surface area contributed by atoms with Crippen LogP contribution >= 0.6 is 0 Å². The van der Waals surface area contributed by atoms with Crippen molar-refractivity contribution in [3.8, 4) is 5.75 Å². The molecule has 6 heteroatoms. The second-order valence-electron chi connectivity index (χ2n) is 4.68. The molecule has 0 atom stereocenters. The van der Waals surface area contributed by atoms with Gasteiger partial charge in [-0.15, -0.1) is 0 Å². The van der Waals surface area contributed by atoms with Crippen molar-refractivity contribution in [1.29, 1.82) is 0 Å². The number of hydrogen-bond donors (Lipinski definition) is 2. The van der Waals surface area contributed by atoms with Crippen molar-refractivity contribution in [3.63, 3.8) is 0 Å². The summed E-state index contributed by atoms with van der Waals surface area (Å²) in [5, 5.41) is 6.91. The average molecular weight is 288 g/mol. The summed E-state index contributed by atoms with van der Waals surface area (Å²) in [4.78, 5) is 11.8. The van der Waals surface area contributed by atoms with Crippen molar-refractivity contribution in [1.82, 2.24) is 9.78 Å². The Morgan fingerprint density at radius 3 is 3.10 bits per heavy atom. The maximum Gasteiger partial charge on any atom is 0.262 e. The van der Waals surface area contributed by atoms with Crippen LogP contribution in [0.15, 0.2) is 36.7 Å². The van der Waals surface area contributed by atoms with Gasteiger partial charge in [0.1, 0.15) is 0 Å². The molecule has 0 saturated heterocycles. The summed E-state index contributed by atoms with van der Waals surface area (Å²) in [6.07, 6.45) is 4.39. The fourth-order valence-corrected chi connectivity index (χ4v) is 1.89. The number of carbonyl (C=O) groups is 1. The number of rotatable bonds is 7. The zero-order chi connectivity index (χ0) is 15.1. The maximum absolute atomic E-state index is 11.8. The maximum atomic E-state index is 11.8. The Balaban J connectivity index is 1.83. The number of anilines is 1. The van der Waals surface area contributed by atoms with Crippen molar-refractivity contribution in [2.75, 3.05) is 11.9 Å². The van der Waals surface area contributed by atoms with Gasteiger partial charge < -0.3 is 15.8 Å². The van der Waals surface area contributed by atoms with Gasteiger partial charge in [-0.05, 0) is 24.1 Å². The predicted octanol–water partition coefficient (Wildman–Crippen LogP) is 1.77. The number of nitrogens with two attached hydrogens (primary N) is 1. The Labute approximate surface area is 123 Å². The Morgan fingerprint density at radius 1 is 1.48 bits per heavy atom. The third-order valence-electron chi connectivity index (χ3n) is 2.88. The summed E-state index contributed by atoms with van der Waals surface area (Å²) in [6, 6.07) is 7.43. The first kappa shape index (κ1) is 15.1. The van der Waals surface area contributed by atoms with Crippen LogP contribution in [0.4, 0.5) is 5.69 Å². The molecular formula is C15H20N4O2. The monoisotopic (exact) mass is 288 g/mol. The van der Waals surface area contributed by atoms with Crippen LogP contribution in [-0.2, 0) is 17.9 Å². The van der Waals surface area contributed by atoms with E-state index in [1.807, 2.05) is 24.3 Å². The van der Waals surface area contributed by atoms with Gasteiger partial charge in [0.25, 0.3) is 5.91 Å². The smallest absolute Gasteiger partial charge is 0.262 e. The highest BCUT2D eigenvalue weighted by atomic mass is 16.5. The molecule has 2 rings (SSSR count). The number of benzene rings is 1. The van der Waals surface area contributed by atoms with E-state index in [1.54, 1.807) is 17.1 Å². The van der Waals surface area contributed by atoms with Crippen molar-refractivity contribution >= 4 is 11.6 Å². The van der Waals surface area contributed by atoms with E-state index in [4.69, 9.17) is 10.5 Å². The summed E-state index contributed by atoms with van der Waals surface area (Å²) in [5.74, 6) is 0.377. The van der Waals surface area contributed by atoms with E-state index < -0.39 is 0 Å². The van der Waals surface area contributed by atoms with Gasteiger partial charge in [0.05, 0.1) is 12.4 Å². The minimum absolute atomic E-state index is 0.0509. The Bertz CT molecular complexity index is 595. The normalized spacial score (nSPS) is 10.4. The van der Waals surface area contributed by atoms with Crippen LogP contribution < -0.4 is 15.8 Å². The molecule has 0 aliphatic carbocycles. The number of aryl methyl sites for hydroxylation is 1. The van der Waals surface area contributed by atoms with Gasteiger partial charge >= 0.3 is 0 Å². The molecule has 0 aliphatic rings. The van der Waals surface area contributed by atoms with Gasteiger partial charge in [-0.25, -0.2) is 0 Å². The van der Waals surface area contributed by atoms with Crippen LogP contribution in [0.1, 0.15) is 18.9 Å². The predicted molar refractivity (Wildman–Crippen MR) is 81.0 cm³/mol. The molecule has 112 valence electrons. The third-order valence-corrected chi connectivity index (χ3v) is 2.88. The molecule has 6 nitrogen and oxygen atoms in total. The van der Waals surface area contributed by atoms with Crippen LogP contribution in [0, 0.1) is 0 Å². The summed E-state index contributed by atoms with van der Waals surface area (Å²) in [6.45, 7) is 3.30. The number of nitrogens with zero attached hydrogens (tertiary/aromatic N) is 2. The van der Waals surface area contributed by atoms with Gasteiger partial charge in [-0.1, -0.05) is 19.1 Å². The first-order chi connectivity index (χ1) is 10.2. The highest BCUT2D eigenvalue weighted by Crippen LogP contribution is 2.11. The number of nitrogens with one attached hydrogen (secondary N) is 1. The van der Waals surface area contributed by atoms with Crippen LogP contribution in [0.25, 0.3) is 0 Å². The molecule has 0 bridgehead atoms. The minimum atomic E-state index is -0.215. The molecule has 1 aromatic heterocycles. The Morgan fingerprint density at radius 2 is 2.33 bits per heavy atom. The zero-order valence-corrected chi connectivity index (χ0v) is 12.1. The van der Waals surface area contributed by atoms with Gasteiger partial charge in [-0.2, -0.15) is 5.10 Å². The molecule has 0 saturated carbocycles. The summed E-state index contributed by atoms with van der Waals surface area (Å²) in [5.41, 5.74) is 7.25. The highest BCUT2D eigenvalue weighted by molar-refractivity contribution is 5.91. The lowest BCUT2D eigenvalue weighted by atomic mass is 10.2. The fraction of sp³-hybridized carbons (Fsp3) is 0.333. The molecular weight excluding hydrogens is 268 g/mol. The molecule has 1 amide bonds. The molecule has 0 aliphatic heterocycles. The van der Waals surface area contributed by atoms with E-state index in [2.05, 4.69) is 17.3 Å². The van der Waals surface area contributed by atoms with Crippen LogP contribution in [0.5, 0.6) is 5.75 Å². The van der Waals surface area contributed by atoms with E-state index in [-0.39, 0.29) is 12.5 Å². The number of amides is 1. The lowest BCUT2D eigenvalue weighted by molar-refractivity contribution is -0.118. The van der Waals surface area contributed by atoms with Crippen LogP contribution in [-0.4, -0.2) is 22.3 Å². The Kier molecular flexibility index (Phi) is 5.34. The minimum Gasteiger partial charge on any atom is -0.480 e. The van der Waals surface area contributed by atoms with E-state index in [9.17, 15) is 4.79 Å². The third kappa shape index (κ3) is 4.61. The molecule has 3 N–H and O–H groups in total. The second-order valence-corrected chi connectivity index (χ2v) is 4.68. The van der Waals surface area contributed by atoms with Gasteiger partial charge in [0, 0.05) is 18.8 Å². The largest absolute Gasteiger partial charge is 0.480 e. The lowest BCUT2D eigenvalue weighted by Crippen LogP contribution is -2.20. The first-order valence-electron chi connectivity index (χ1n) is 6.95. The summed E-state index contributed by atoms with van der Waals surface area (Å²) in [7, 11) is 0. The van der Waals surface area contributed by atoms with Crippen molar-refractivity contribution < 1.29 is 9.53 Å². The van der Waals surface area contributed by atoms with Gasteiger partial charge in [0.15, 0.2) is 12.4 Å². The van der Waals surface area contributed by atoms with Crippen molar-refractivity contribution in [2.24, 2.45) is 5.73 Å². The van der Waals surface area contributed by atoms with Crippen molar-refractivity contribution in [2.45, 2.75) is 26.4 Å². The standard InChI is InChI=1S/C15H20N4O2/c1-2-6-19-10-14(9-17-19)21-11-15(20)18-13-5-3-4-12(7-13)8-16/h3-5,7,9-10H,2,6,8,11,16H2,1H3,(H,18,20). The summed E-state index contributed by atoms with van der Waals surface area (Å²) < 4.78 is 7.19. The van der Waals surface area contributed by atoms with E-state index in [1.165, 1.54) is 0 Å². The molecule has 1 heterocycles. The quantitative estimate of drug-likeness (QED) is 0.813. The second kappa shape index (κ2) is 7.44. The summed E-state index contributed by atoms with van der Waals surface area (Å²) >= 11 is 0. The first-order valence-corrected chi connectivity index (χ1v) is 6.95. The molecule has 21 heavy (non-hydrogen) atoms. The van der Waals surface area contributed by atoms with E-state index in [0.29, 0.717) is 18.0 Å². The number of ether oxygens (including phenoxy) is 1.